The summed E-state index contributed by atoms with van der Waals surface area (Å²) in [5.41, 5.74) is -0.172. The van der Waals surface area contributed by atoms with Gasteiger partial charge in [-0.2, -0.15) is 0 Å². The maximum Gasteiger partial charge on any atom is 0.287 e. The van der Waals surface area contributed by atoms with Crippen molar-refractivity contribution in [3.63, 3.8) is 0 Å². The van der Waals surface area contributed by atoms with Crippen LogP contribution in [0.25, 0.3) is 0 Å². The van der Waals surface area contributed by atoms with Gasteiger partial charge in [-0.25, -0.2) is 0 Å². The first-order valence-corrected chi connectivity index (χ1v) is 10.2. The van der Waals surface area contributed by atoms with E-state index in [9.17, 15) is 39.4 Å². The Kier molecular flexibility index (Phi) is 13.2. The van der Waals surface area contributed by atoms with Crippen LogP contribution >= 0.6 is 0 Å². The van der Waals surface area contributed by atoms with E-state index < -0.39 is 21.7 Å². The molecule has 2 rings (SSSR count). The van der Waals surface area contributed by atoms with Crippen LogP contribution in [0.5, 0.6) is 0 Å². The molecule has 0 aliphatic rings. The summed E-state index contributed by atoms with van der Waals surface area (Å²) in [6.07, 6.45) is 3.94. The average molecular weight is 511 g/mol. The third-order valence-corrected chi connectivity index (χ3v) is 3.99. The number of nitrogens with zero attached hydrogens (tertiary/aromatic N) is 6. The molecule has 0 aliphatic heterocycles. The summed E-state index contributed by atoms with van der Waals surface area (Å²) >= 11 is 0. The molecule has 0 aromatic carbocycles. The highest BCUT2D eigenvalue weighted by atomic mass is 16.6. The van der Waals surface area contributed by atoms with Gasteiger partial charge < -0.3 is 29.6 Å². The molecule has 0 spiro atoms. The van der Waals surface area contributed by atoms with E-state index in [1.165, 1.54) is 45.4 Å². The van der Waals surface area contributed by atoms with E-state index in [-0.39, 0.29) is 35.9 Å². The van der Waals surface area contributed by atoms with Crippen LogP contribution in [0.15, 0.2) is 24.5 Å². The second-order valence-electron chi connectivity index (χ2n) is 7.55. The number of carbonyl (C=O) groups is 4. The minimum Gasteiger partial charge on any atom is -0.351 e. The maximum atomic E-state index is 12.0. The summed E-state index contributed by atoms with van der Waals surface area (Å²) < 4.78 is 2.66. The minimum atomic E-state index is -0.601. The molecular weight excluding hydrogens is 480 g/mol. The van der Waals surface area contributed by atoms with Gasteiger partial charge in [0.2, 0.25) is 12.8 Å². The molecule has 0 bridgehead atoms. The maximum absolute atomic E-state index is 12.0. The largest absolute Gasteiger partial charge is 0.351 e. The lowest BCUT2D eigenvalue weighted by Crippen LogP contribution is -2.35. The third-order valence-electron chi connectivity index (χ3n) is 3.99. The highest BCUT2D eigenvalue weighted by Crippen LogP contribution is 2.15. The fraction of sp³-hybridized carbons (Fsp3) is 0.400. The molecule has 2 heterocycles. The second kappa shape index (κ2) is 15.2. The first kappa shape index (κ1) is 31.2. The van der Waals surface area contributed by atoms with Gasteiger partial charge in [0.05, 0.1) is 22.2 Å². The zero-order valence-corrected chi connectivity index (χ0v) is 20.8. The SMILES string of the molecule is CN(C)C=O.CN(C)C=O.Cn1cc([N+](=O)[O-])cc1C(=O)NCCNC(=O)c1cc([N+](=O)[O-])cn1C. The first-order valence-electron chi connectivity index (χ1n) is 10.2. The summed E-state index contributed by atoms with van der Waals surface area (Å²) in [4.78, 5) is 66.0. The number of aryl methyl sites for hydroxylation is 2. The van der Waals surface area contributed by atoms with Crippen LogP contribution in [-0.2, 0) is 23.7 Å². The molecule has 0 atom stereocenters. The fourth-order valence-corrected chi connectivity index (χ4v) is 2.28. The molecule has 2 N–H and O–H groups in total. The van der Waals surface area contributed by atoms with Crippen molar-refractivity contribution in [3.05, 3.63) is 56.1 Å². The van der Waals surface area contributed by atoms with Crippen LogP contribution in [0.2, 0.25) is 0 Å². The van der Waals surface area contributed by atoms with Crippen molar-refractivity contribution < 1.29 is 29.0 Å². The van der Waals surface area contributed by atoms with E-state index in [0.717, 1.165) is 25.0 Å². The zero-order valence-electron chi connectivity index (χ0n) is 20.8. The lowest BCUT2D eigenvalue weighted by molar-refractivity contribution is -0.385. The van der Waals surface area contributed by atoms with Gasteiger partial charge in [0.15, 0.2) is 0 Å². The van der Waals surface area contributed by atoms with E-state index in [2.05, 4.69) is 10.6 Å². The summed E-state index contributed by atoms with van der Waals surface area (Å²) in [6.45, 7) is 0.159. The monoisotopic (exact) mass is 510 g/mol. The van der Waals surface area contributed by atoms with Gasteiger partial charge >= 0.3 is 0 Å². The molecule has 36 heavy (non-hydrogen) atoms. The number of nitrogens with one attached hydrogen (secondary N) is 2. The van der Waals surface area contributed by atoms with E-state index in [0.29, 0.717) is 0 Å². The number of nitro groups is 2. The van der Waals surface area contributed by atoms with Gasteiger partial charge in [-0.05, 0) is 0 Å². The van der Waals surface area contributed by atoms with Gasteiger partial charge in [-0.1, -0.05) is 0 Å². The molecule has 0 saturated heterocycles. The topological polar surface area (TPSA) is 195 Å². The molecule has 0 radical (unpaired) electrons. The van der Waals surface area contributed by atoms with E-state index >= 15 is 0 Å². The Balaban J connectivity index is 0.00000104. The lowest BCUT2D eigenvalue weighted by atomic mass is 10.3. The van der Waals surface area contributed by atoms with E-state index in [1.54, 1.807) is 28.2 Å². The van der Waals surface area contributed by atoms with Crippen LogP contribution in [0.3, 0.4) is 0 Å². The Morgan fingerprint density at radius 2 is 1.08 bits per heavy atom. The standard InChI is InChI=1S/C14H16N6O6.2C3H7NO/c1-17-7-9(19(23)24)5-11(17)13(21)15-3-4-16-14(22)12-6-10(20(25)26)8-18(12)2;2*1-4(2)3-5/h5-8H,3-4H2,1-2H3,(H,15,21)(H,16,22);2*3H,1-2H3. The van der Waals surface area contributed by atoms with Crippen molar-refractivity contribution in [1.29, 1.82) is 0 Å². The average Bonchev–Trinajstić information content (AvgIpc) is 3.40. The number of hydrogen-bond donors (Lipinski definition) is 2. The van der Waals surface area contributed by atoms with Gasteiger partial charge in [-0.3, -0.25) is 39.4 Å². The summed E-state index contributed by atoms with van der Waals surface area (Å²) in [5.74, 6) is -1.05. The molecule has 0 fully saturated rings. The van der Waals surface area contributed by atoms with Crippen molar-refractivity contribution >= 4 is 36.0 Å². The van der Waals surface area contributed by atoms with Gasteiger partial charge in [-0.15, -0.1) is 0 Å². The molecule has 16 heteroatoms. The molecule has 198 valence electrons. The van der Waals surface area contributed by atoms with E-state index in [1.807, 2.05) is 0 Å². The van der Waals surface area contributed by atoms with Crippen LogP contribution in [0, 0.1) is 20.2 Å². The smallest absolute Gasteiger partial charge is 0.287 e. The fourth-order valence-electron chi connectivity index (χ4n) is 2.28. The molecule has 2 aromatic rings. The Morgan fingerprint density at radius 1 is 0.806 bits per heavy atom. The Morgan fingerprint density at radius 3 is 1.28 bits per heavy atom. The summed E-state index contributed by atoms with van der Waals surface area (Å²) in [6, 6.07) is 2.30. The number of amides is 4. The predicted octanol–water partition coefficient (Wildman–Crippen LogP) is -0.251. The molecule has 16 nitrogen and oxygen atoms in total. The van der Waals surface area contributed by atoms with Crippen molar-refractivity contribution in [2.75, 3.05) is 41.3 Å². The van der Waals surface area contributed by atoms with E-state index in [4.69, 9.17) is 0 Å². The van der Waals surface area contributed by atoms with Gasteiger partial charge in [0.25, 0.3) is 23.2 Å². The van der Waals surface area contributed by atoms with Gasteiger partial charge in [0.1, 0.15) is 11.4 Å². The Labute approximate surface area is 206 Å². The number of carbonyl (C=O) groups excluding carboxylic acids is 4. The summed E-state index contributed by atoms with van der Waals surface area (Å²) in [5, 5.41) is 26.4. The number of rotatable bonds is 9. The zero-order chi connectivity index (χ0) is 28.0. The van der Waals surface area contributed by atoms with Crippen molar-refractivity contribution in [1.82, 2.24) is 29.6 Å². The first-order chi connectivity index (χ1) is 16.7. The highest BCUT2D eigenvalue weighted by Gasteiger charge is 2.18. The molecule has 4 amide bonds. The summed E-state index contributed by atoms with van der Waals surface area (Å²) in [7, 11) is 9.76. The Hall–Kier alpha value is -4.76. The van der Waals surface area contributed by atoms with Crippen LogP contribution in [-0.4, -0.2) is 94.7 Å². The molecule has 0 unspecified atom stereocenters. The lowest BCUT2D eigenvalue weighted by Gasteiger charge is -2.07. The molecule has 0 aliphatic carbocycles. The Bertz CT molecular complexity index is 990. The van der Waals surface area contributed by atoms with Crippen LogP contribution in [0.1, 0.15) is 21.0 Å². The van der Waals surface area contributed by atoms with Gasteiger partial charge in [0, 0.05) is 67.5 Å². The highest BCUT2D eigenvalue weighted by molar-refractivity contribution is 5.94. The number of hydrogen-bond acceptors (Lipinski definition) is 8. The third kappa shape index (κ3) is 10.9. The molecule has 2 aromatic heterocycles. The normalized spacial score (nSPS) is 9.39. The van der Waals surface area contributed by atoms with Crippen molar-refractivity contribution in [2.24, 2.45) is 14.1 Å². The van der Waals surface area contributed by atoms with Crippen molar-refractivity contribution in [3.8, 4) is 0 Å². The minimum absolute atomic E-state index is 0.0794. The second-order valence-corrected chi connectivity index (χ2v) is 7.55. The molecular formula is C20H30N8O8. The number of aromatic nitrogens is 2. The van der Waals surface area contributed by atoms with Crippen molar-refractivity contribution in [2.45, 2.75) is 0 Å². The molecule has 0 saturated carbocycles. The van der Waals surface area contributed by atoms with Crippen LogP contribution < -0.4 is 10.6 Å². The quantitative estimate of drug-likeness (QED) is 0.199. The predicted molar refractivity (Wildman–Crippen MR) is 128 cm³/mol. The van der Waals surface area contributed by atoms with Crippen LogP contribution in [0.4, 0.5) is 11.4 Å².